The molecule has 7 nitrogen and oxygen atoms in total. The van der Waals surface area contributed by atoms with Crippen LogP contribution >= 0.6 is 11.6 Å². The Labute approximate surface area is 214 Å². The number of H-pyrrole nitrogens is 1. The van der Waals surface area contributed by atoms with Gasteiger partial charge in [-0.15, -0.1) is 0 Å². The van der Waals surface area contributed by atoms with Crippen molar-refractivity contribution in [2.45, 2.75) is 19.1 Å². The third kappa shape index (κ3) is 5.33. The van der Waals surface area contributed by atoms with Gasteiger partial charge in [-0.1, -0.05) is 41.9 Å². The van der Waals surface area contributed by atoms with E-state index in [2.05, 4.69) is 20.9 Å². The van der Waals surface area contributed by atoms with Crippen LogP contribution in [0.15, 0.2) is 77.9 Å². The van der Waals surface area contributed by atoms with Gasteiger partial charge in [0.1, 0.15) is 6.04 Å². The number of carbonyl (C=O) groups is 1. The molecule has 0 radical (unpaired) electrons. The van der Waals surface area contributed by atoms with E-state index in [9.17, 15) is 9.59 Å². The summed E-state index contributed by atoms with van der Waals surface area (Å²) in [7, 11) is 1.62. The van der Waals surface area contributed by atoms with E-state index >= 15 is 0 Å². The van der Waals surface area contributed by atoms with Crippen LogP contribution < -0.4 is 5.56 Å². The van der Waals surface area contributed by atoms with Gasteiger partial charge in [0.15, 0.2) is 0 Å². The summed E-state index contributed by atoms with van der Waals surface area (Å²) in [6, 6.07) is 18.8. The van der Waals surface area contributed by atoms with Gasteiger partial charge in [-0.2, -0.15) is 0 Å². The lowest BCUT2D eigenvalue weighted by molar-refractivity contribution is -0.145. The average Bonchev–Trinajstić information content (AvgIpc) is 2.89. The van der Waals surface area contributed by atoms with Crippen LogP contribution in [0.4, 0.5) is 0 Å². The van der Waals surface area contributed by atoms with Crippen LogP contribution in [0.3, 0.4) is 0 Å². The molecule has 0 bridgehead atoms. The van der Waals surface area contributed by atoms with E-state index in [1.807, 2.05) is 53.6 Å². The first-order valence-corrected chi connectivity index (χ1v) is 12.2. The number of halogens is 1. The summed E-state index contributed by atoms with van der Waals surface area (Å²) in [4.78, 5) is 36.1. The van der Waals surface area contributed by atoms with Crippen LogP contribution in [0.2, 0.25) is 5.02 Å². The molecule has 1 unspecified atom stereocenters. The maximum absolute atomic E-state index is 13.4. The lowest BCUT2D eigenvalue weighted by atomic mass is 10.0. The average molecular weight is 503 g/mol. The minimum absolute atomic E-state index is 0.0559. The molecule has 1 fully saturated rings. The Kier molecular flexibility index (Phi) is 7.13. The lowest BCUT2D eigenvalue weighted by Gasteiger charge is -2.40. The summed E-state index contributed by atoms with van der Waals surface area (Å²) in [5.74, 6) is 0.0559. The molecule has 2 aromatic heterocycles. The van der Waals surface area contributed by atoms with Gasteiger partial charge < -0.3 is 14.6 Å². The van der Waals surface area contributed by atoms with Crippen molar-refractivity contribution in [1.29, 1.82) is 0 Å². The fourth-order valence-electron chi connectivity index (χ4n) is 4.63. The number of aromatic nitrogens is 2. The normalized spacial score (nSPS) is 16.6. The van der Waals surface area contributed by atoms with Gasteiger partial charge in [-0.05, 0) is 46.3 Å². The Morgan fingerprint density at radius 1 is 0.972 bits per heavy atom. The number of hydrogen-bond donors (Lipinski definition) is 1. The molecule has 1 N–H and O–H groups in total. The van der Waals surface area contributed by atoms with Crippen molar-refractivity contribution in [2.75, 3.05) is 26.8 Å². The predicted molar refractivity (Wildman–Crippen MR) is 141 cm³/mol. The topological polar surface area (TPSA) is 78.5 Å². The van der Waals surface area contributed by atoms with Gasteiger partial charge in [-0.3, -0.25) is 19.5 Å². The second-order valence-electron chi connectivity index (χ2n) is 9.01. The monoisotopic (exact) mass is 502 g/mol. The van der Waals surface area contributed by atoms with Crippen molar-refractivity contribution in [3.8, 4) is 11.1 Å². The summed E-state index contributed by atoms with van der Waals surface area (Å²) in [6.45, 7) is 2.79. The Morgan fingerprint density at radius 2 is 1.78 bits per heavy atom. The molecule has 1 saturated heterocycles. The first-order valence-electron chi connectivity index (χ1n) is 11.8. The molecular weight excluding hydrogens is 476 g/mol. The SMILES string of the molecule is COCC1C(=O)N(Cc2ccc(-c3ccc(=O)[nH]c3)cc2)CCN1Cc1cc2ccc(Cl)cc2cn1. The summed E-state index contributed by atoms with van der Waals surface area (Å²) >= 11 is 6.09. The number of piperazine rings is 1. The zero-order valence-electron chi connectivity index (χ0n) is 20.0. The number of benzene rings is 2. The molecular formula is C28H27ClN4O3. The second kappa shape index (κ2) is 10.6. The van der Waals surface area contributed by atoms with E-state index in [0.29, 0.717) is 31.3 Å². The molecule has 0 saturated carbocycles. The summed E-state index contributed by atoms with van der Waals surface area (Å²) in [5.41, 5.74) is 3.78. The van der Waals surface area contributed by atoms with Crippen molar-refractivity contribution in [3.05, 3.63) is 99.7 Å². The number of fused-ring (bicyclic) bond motifs is 1. The summed E-state index contributed by atoms with van der Waals surface area (Å²) in [5, 5.41) is 2.75. The van der Waals surface area contributed by atoms with E-state index < -0.39 is 0 Å². The Balaban J connectivity index is 1.27. The minimum atomic E-state index is -0.369. The number of nitrogens with zero attached hydrogens (tertiary/aromatic N) is 3. The van der Waals surface area contributed by atoms with E-state index in [1.165, 1.54) is 6.07 Å². The molecule has 1 aliphatic rings. The fourth-order valence-corrected chi connectivity index (χ4v) is 4.81. The molecule has 1 aliphatic heterocycles. The zero-order valence-corrected chi connectivity index (χ0v) is 20.7. The van der Waals surface area contributed by atoms with Gasteiger partial charge in [0.2, 0.25) is 11.5 Å². The summed E-state index contributed by atoms with van der Waals surface area (Å²) < 4.78 is 5.43. The summed E-state index contributed by atoms with van der Waals surface area (Å²) in [6.07, 6.45) is 3.53. The fraction of sp³-hybridized carbons (Fsp3) is 0.250. The number of aromatic amines is 1. The number of carbonyl (C=O) groups excluding carboxylic acids is 1. The molecule has 2 aromatic carbocycles. The van der Waals surface area contributed by atoms with Gasteiger partial charge in [0, 0.05) is 62.2 Å². The van der Waals surface area contributed by atoms with Crippen molar-refractivity contribution < 1.29 is 9.53 Å². The van der Waals surface area contributed by atoms with Crippen molar-refractivity contribution >= 4 is 28.3 Å². The molecule has 3 heterocycles. The van der Waals surface area contributed by atoms with Crippen LogP contribution in [0.5, 0.6) is 0 Å². The molecule has 5 rings (SSSR count). The number of pyridine rings is 2. The van der Waals surface area contributed by atoms with Crippen LogP contribution in [0.1, 0.15) is 11.3 Å². The highest BCUT2D eigenvalue weighted by atomic mass is 35.5. The molecule has 36 heavy (non-hydrogen) atoms. The first-order chi connectivity index (χ1) is 17.5. The molecule has 4 aromatic rings. The molecule has 8 heteroatoms. The third-order valence-corrected chi connectivity index (χ3v) is 6.80. The molecule has 0 spiro atoms. The maximum atomic E-state index is 13.4. The highest BCUT2D eigenvalue weighted by molar-refractivity contribution is 6.31. The molecule has 1 atom stereocenters. The quantitative estimate of drug-likeness (QED) is 0.411. The van der Waals surface area contributed by atoms with Crippen LogP contribution in [0.25, 0.3) is 21.9 Å². The number of nitrogens with one attached hydrogen (secondary N) is 1. The van der Waals surface area contributed by atoms with Crippen LogP contribution in [-0.4, -0.2) is 58.5 Å². The largest absolute Gasteiger partial charge is 0.383 e. The molecule has 184 valence electrons. The van der Waals surface area contributed by atoms with Crippen LogP contribution in [-0.2, 0) is 22.6 Å². The van der Waals surface area contributed by atoms with Crippen molar-refractivity contribution in [1.82, 2.24) is 19.8 Å². The number of methoxy groups -OCH3 is 1. The zero-order chi connectivity index (χ0) is 25.1. The van der Waals surface area contributed by atoms with Crippen molar-refractivity contribution in [3.63, 3.8) is 0 Å². The van der Waals surface area contributed by atoms with E-state index in [4.69, 9.17) is 16.3 Å². The number of hydrogen-bond acceptors (Lipinski definition) is 5. The molecule has 0 aliphatic carbocycles. The highest BCUT2D eigenvalue weighted by Gasteiger charge is 2.34. The predicted octanol–water partition coefficient (Wildman–Crippen LogP) is 4.10. The van der Waals surface area contributed by atoms with E-state index in [0.717, 1.165) is 39.7 Å². The maximum Gasteiger partial charge on any atom is 0.247 e. The van der Waals surface area contributed by atoms with E-state index in [1.54, 1.807) is 19.4 Å². The van der Waals surface area contributed by atoms with Gasteiger partial charge in [-0.25, -0.2) is 0 Å². The van der Waals surface area contributed by atoms with Crippen LogP contribution in [0, 0.1) is 0 Å². The lowest BCUT2D eigenvalue weighted by Crippen LogP contribution is -2.57. The second-order valence-corrected chi connectivity index (χ2v) is 9.44. The standard InChI is InChI=1S/C28H27ClN4O3/c1-36-18-26-28(35)33(16-19-2-4-20(5-3-19)22-7-9-27(34)31-14-22)11-10-32(26)17-25-13-21-6-8-24(29)12-23(21)15-30-25/h2-9,12-15,26H,10-11,16-18H2,1H3,(H,31,34). The number of rotatable bonds is 7. The minimum Gasteiger partial charge on any atom is -0.383 e. The van der Waals surface area contributed by atoms with E-state index in [-0.39, 0.29) is 17.5 Å². The smallest absolute Gasteiger partial charge is 0.247 e. The highest BCUT2D eigenvalue weighted by Crippen LogP contribution is 2.23. The van der Waals surface area contributed by atoms with Gasteiger partial charge in [0.25, 0.3) is 0 Å². The Hall–Kier alpha value is -3.52. The third-order valence-electron chi connectivity index (χ3n) is 6.57. The Morgan fingerprint density at radius 3 is 2.53 bits per heavy atom. The van der Waals surface area contributed by atoms with Gasteiger partial charge in [0.05, 0.1) is 12.3 Å². The number of amides is 1. The number of ether oxygens (including phenoxy) is 1. The van der Waals surface area contributed by atoms with Crippen molar-refractivity contribution in [2.24, 2.45) is 0 Å². The molecule has 1 amide bonds. The van der Waals surface area contributed by atoms with Gasteiger partial charge >= 0.3 is 0 Å². The Bertz CT molecular complexity index is 1420. The first kappa shape index (κ1) is 24.2.